The van der Waals surface area contributed by atoms with Gasteiger partial charge in [0.2, 0.25) is 0 Å². The predicted octanol–water partition coefficient (Wildman–Crippen LogP) is 3.70. The Kier molecular flexibility index (Phi) is 3.57. The molecule has 8 heteroatoms. The Hall–Kier alpha value is -1.11. The van der Waals surface area contributed by atoms with Gasteiger partial charge in [0.15, 0.2) is 11.4 Å². The standard InChI is InChI=1S/C8H5ClF5NO/c1-16-5-4(7(10)11)3(9)2-15-6(5)8(12,13)14/h2,7H,1H3. The van der Waals surface area contributed by atoms with E-state index in [0.717, 1.165) is 7.11 Å². The fraction of sp³-hybridized carbons (Fsp3) is 0.375. The molecule has 0 atom stereocenters. The zero-order chi connectivity index (χ0) is 12.5. The zero-order valence-electron chi connectivity index (χ0n) is 7.78. The SMILES string of the molecule is COc1c(C(F)(F)F)ncc(Cl)c1C(F)F. The number of halogens is 6. The van der Waals surface area contributed by atoms with Crippen LogP contribution in [0.3, 0.4) is 0 Å². The first-order valence-corrected chi connectivity index (χ1v) is 4.24. The summed E-state index contributed by atoms with van der Waals surface area (Å²) in [6.07, 6.45) is -7.53. The molecule has 0 fully saturated rings. The number of methoxy groups -OCH3 is 1. The Morgan fingerprint density at radius 3 is 2.31 bits per heavy atom. The van der Waals surface area contributed by atoms with E-state index in [0.29, 0.717) is 6.20 Å². The molecule has 2 nitrogen and oxygen atoms in total. The average Bonchev–Trinajstić information content (AvgIpc) is 2.14. The Balaban J connectivity index is 3.49. The molecular formula is C8H5ClF5NO. The number of aromatic nitrogens is 1. The number of pyridine rings is 1. The molecule has 1 aromatic rings. The molecular weight excluding hydrogens is 257 g/mol. The second-order valence-electron chi connectivity index (χ2n) is 2.70. The number of nitrogens with zero attached hydrogens (tertiary/aromatic N) is 1. The van der Waals surface area contributed by atoms with Gasteiger partial charge in [-0.2, -0.15) is 13.2 Å². The lowest BCUT2D eigenvalue weighted by atomic mass is 10.2. The first-order valence-electron chi connectivity index (χ1n) is 3.86. The van der Waals surface area contributed by atoms with Crippen molar-refractivity contribution in [3.05, 3.63) is 22.5 Å². The van der Waals surface area contributed by atoms with E-state index in [2.05, 4.69) is 9.72 Å². The first-order chi connectivity index (χ1) is 7.29. The van der Waals surface area contributed by atoms with Crippen LogP contribution in [0.15, 0.2) is 6.20 Å². The highest BCUT2D eigenvalue weighted by atomic mass is 35.5. The summed E-state index contributed by atoms with van der Waals surface area (Å²) in [5, 5.41) is -0.570. The van der Waals surface area contributed by atoms with Crippen LogP contribution in [-0.2, 0) is 6.18 Å². The van der Waals surface area contributed by atoms with Crippen LogP contribution < -0.4 is 4.74 Å². The topological polar surface area (TPSA) is 22.1 Å². The fourth-order valence-corrected chi connectivity index (χ4v) is 1.31. The Bertz CT molecular complexity index is 393. The lowest BCUT2D eigenvalue weighted by molar-refractivity contribution is -0.142. The second kappa shape index (κ2) is 4.40. The number of rotatable bonds is 2. The minimum absolute atomic E-state index is 0.522. The Morgan fingerprint density at radius 1 is 1.38 bits per heavy atom. The molecule has 1 heterocycles. The molecule has 1 aromatic heterocycles. The average molecular weight is 262 g/mol. The highest BCUT2D eigenvalue weighted by molar-refractivity contribution is 6.31. The van der Waals surface area contributed by atoms with Crippen molar-refractivity contribution in [3.8, 4) is 5.75 Å². The molecule has 0 bridgehead atoms. The van der Waals surface area contributed by atoms with Crippen molar-refractivity contribution in [2.45, 2.75) is 12.6 Å². The minimum atomic E-state index is -4.88. The van der Waals surface area contributed by atoms with Gasteiger partial charge in [0.25, 0.3) is 6.43 Å². The minimum Gasteiger partial charge on any atom is -0.494 e. The van der Waals surface area contributed by atoms with Crippen molar-refractivity contribution in [2.75, 3.05) is 7.11 Å². The summed E-state index contributed by atoms with van der Waals surface area (Å²) in [7, 11) is 0.842. The van der Waals surface area contributed by atoms with Crippen molar-refractivity contribution in [1.29, 1.82) is 0 Å². The fourth-order valence-electron chi connectivity index (χ4n) is 1.10. The van der Waals surface area contributed by atoms with Gasteiger partial charge in [-0.25, -0.2) is 13.8 Å². The quantitative estimate of drug-likeness (QED) is 0.757. The number of ether oxygens (including phenoxy) is 1. The molecule has 0 aliphatic heterocycles. The van der Waals surface area contributed by atoms with Crippen LogP contribution in [0.2, 0.25) is 5.02 Å². The van der Waals surface area contributed by atoms with E-state index in [1.165, 1.54) is 0 Å². The van der Waals surface area contributed by atoms with Crippen molar-refractivity contribution in [2.24, 2.45) is 0 Å². The second-order valence-corrected chi connectivity index (χ2v) is 3.11. The number of hydrogen-bond acceptors (Lipinski definition) is 2. The smallest absolute Gasteiger partial charge is 0.437 e. The van der Waals surface area contributed by atoms with Crippen molar-refractivity contribution in [3.63, 3.8) is 0 Å². The van der Waals surface area contributed by atoms with Crippen LogP contribution in [0.25, 0.3) is 0 Å². The van der Waals surface area contributed by atoms with E-state index in [-0.39, 0.29) is 0 Å². The number of alkyl halides is 5. The summed E-state index contributed by atoms with van der Waals surface area (Å²) in [6, 6.07) is 0. The zero-order valence-corrected chi connectivity index (χ0v) is 8.53. The summed E-state index contributed by atoms with van der Waals surface area (Å²) >= 11 is 5.34. The van der Waals surface area contributed by atoms with Gasteiger partial charge in [0, 0.05) is 6.20 Å². The first kappa shape index (κ1) is 13.0. The molecule has 0 aromatic carbocycles. The van der Waals surface area contributed by atoms with Gasteiger partial charge in [-0.3, -0.25) is 0 Å². The largest absolute Gasteiger partial charge is 0.494 e. The summed E-state index contributed by atoms with van der Waals surface area (Å²) < 4.78 is 66.4. The van der Waals surface area contributed by atoms with E-state index < -0.39 is 34.6 Å². The molecule has 0 spiro atoms. The Labute approximate surface area is 92.0 Å². The van der Waals surface area contributed by atoms with Gasteiger partial charge in [0.1, 0.15) is 0 Å². The van der Waals surface area contributed by atoms with Gasteiger partial charge in [-0.05, 0) is 0 Å². The highest BCUT2D eigenvalue weighted by Crippen LogP contribution is 2.42. The van der Waals surface area contributed by atoms with E-state index in [1.54, 1.807) is 0 Å². The molecule has 0 saturated heterocycles. The van der Waals surface area contributed by atoms with E-state index >= 15 is 0 Å². The van der Waals surface area contributed by atoms with Gasteiger partial charge in [0.05, 0.1) is 17.7 Å². The summed E-state index contributed by atoms with van der Waals surface area (Å²) in [5.74, 6) is -1.05. The van der Waals surface area contributed by atoms with Crippen LogP contribution in [0.4, 0.5) is 22.0 Å². The van der Waals surface area contributed by atoms with Crippen LogP contribution in [0, 0.1) is 0 Å². The molecule has 16 heavy (non-hydrogen) atoms. The third kappa shape index (κ3) is 2.34. The lowest BCUT2D eigenvalue weighted by Gasteiger charge is -2.15. The van der Waals surface area contributed by atoms with E-state index in [4.69, 9.17) is 11.6 Å². The third-order valence-electron chi connectivity index (χ3n) is 1.71. The maximum Gasteiger partial charge on any atom is 0.437 e. The maximum absolute atomic E-state index is 12.5. The van der Waals surface area contributed by atoms with Crippen molar-refractivity contribution in [1.82, 2.24) is 4.98 Å². The predicted molar refractivity (Wildman–Crippen MR) is 45.8 cm³/mol. The highest BCUT2D eigenvalue weighted by Gasteiger charge is 2.39. The normalized spacial score (nSPS) is 12.0. The van der Waals surface area contributed by atoms with Crippen LogP contribution in [-0.4, -0.2) is 12.1 Å². The third-order valence-corrected chi connectivity index (χ3v) is 2.02. The van der Waals surface area contributed by atoms with Crippen molar-refractivity contribution >= 4 is 11.6 Å². The molecule has 0 aliphatic rings. The Morgan fingerprint density at radius 2 is 1.94 bits per heavy atom. The molecule has 90 valence electrons. The van der Waals surface area contributed by atoms with Gasteiger partial charge in [-0.1, -0.05) is 11.6 Å². The van der Waals surface area contributed by atoms with Crippen LogP contribution in [0.5, 0.6) is 5.75 Å². The van der Waals surface area contributed by atoms with Crippen LogP contribution in [0.1, 0.15) is 17.7 Å². The summed E-state index contributed by atoms with van der Waals surface area (Å²) in [6.45, 7) is 0. The molecule has 0 unspecified atom stereocenters. The molecule has 0 N–H and O–H groups in total. The van der Waals surface area contributed by atoms with Gasteiger partial charge >= 0.3 is 6.18 Å². The lowest BCUT2D eigenvalue weighted by Crippen LogP contribution is -2.12. The molecule has 0 saturated carbocycles. The van der Waals surface area contributed by atoms with E-state index in [1.807, 2.05) is 0 Å². The molecule has 1 rings (SSSR count). The monoisotopic (exact) mass is 261 g/mol. The summed E-state index contributed by atoms with van der Waals surface area (Å²) in [5.41, 5.74) is -2.53. The maximum atomic E-state index is 12.5. The van der Waals surface area contributed by atoms with Crippen molar-refractivity contribution < 1.29 is 26.7 Å². The van der Waals surface area contributed by atoms with Gasteiger partial charge < -0.3 is 4.74 Å². The summed E-state index contributed by atoms with van der Waals surface area (Å²) in [4.78, 5) is 2.95. The van der Waals surface area contributed by atoms with E-state index in [9.17, 15) is 22.0 Å². The van der Waals surface area contributed by atoms with Gasteiger partial charge in [-0.15, -0.1) is 0 Å². The number of hydrogen-bond donors (Lipinski definition) is 0. The molecule has 0 aliphatic carbocycles. The molecule has 0 radical (unpaired) electrons. The molecule has 0 amide bonds. The van der Waals surface area contributed by atoms with Crippen LogP contribution >= 0.6 is 11.6 Å².